The molecule has 0 aliphatic carbocycles. The Morgan fingerprint density at radius 3 is 2.48 bits per heavy atom. The largest absolute Gasteiger partial charge is 0.497 e. The highest BCUT2D eigenvalue weighted by Crippen LogP contribution is 2.25. The van der Waals surface area contributed by atoms with Crippen molar-refractivity contribution in [3.05, 3.63) is 72.3 Å². The fourth-order valence-electron chi connectivity index (χ4n) is 2.52. The summed E-state index contributed by atoms with van der Waals surface area (Å²) in [5, 5.41) is 6.06. The molecule has 3 rings (SSSR count). The zero-order valence-corrected chi connectivity index (χ0v) is 12.3. The number of hydrogen-bond acceptors (Lipinski definition) is 2. The Kier molecular flexibility index (Phi) is 3.78. The van der Waals surface area contributed by atoms with Gasteiger partial charge in [0.25, 0.3) is 0 Å². The molecular formula is C19H19NO. The quantitative estimate of drug-likeness (QED) is 0.723. The molecule has 2 heteroatoms. The molecule has 0 fully saturated rings. The average Bonchev–Trinajstić information content (AvgIpc) is 2.54. The maximum absolute atomic E-state index is 5.26. The van der Waals surface area contributed by atoms with Crippen LogP contribution < -0.4 is 10.1 Å². The Balaban J connectivity index is 1.84. The molecule has 0 radical (unpaired) electrons. The lowest BCUT2D eigenvalue weighted by Gasteiger charge is -2.17. The minimum absolute atomic E-state index is 0.238. The molecule has 0 bridgehead atoms. The molecule has 2 nitrogen and oxygen atoms in total. The molecule has 0 aromatic heterocycles. The van der Waals surface area contributed by atoms with Crippen LogP contribution in [0.25, 0.3) is 10.8 Å². The van der Waals surface area contributed by atoms with Crippen LogP contribution in [0, 0.1) is 0 Å². The first kappa shape index (κ1) is 13.5. The predicted octanol–water partition coefficient (Wildman–Crippen LogP) is 5.02. The summed E-state index contributed by atoms with van der Waals surface area (Å²) >= 11 is 0. The summed E-state index contributed by atoms with van der Waals surface area (Å²) in [7, 11) is 1.69. The minimum atomic E-state index is 0.238. The SMILES string of the molecule is COc1cccc(NC(C)c2ccc3ccccc3c2)c1. The molecule has 3 aromatic carbocycles. The van der Waals surface area contributed by atoms with Crippen molar-refractivity contribution in [1.29, 1.82) is 0 Å². The Morgan fingerprint density at radius 1 is 0.857 bits per heavy atom. The van der Waals surface area contributed by atoms with Crippen LogP contribution in [0.1, 0.15) is 18.5 Å². The van der Waals surface area contributed by atoms with Gasteiger partial charge in [-0.2, -0.15) is 0 Å². The van der Waals surface area contributed by atoms with Crippen LogP contribution in [0.5, 0.6) is 5.75 Å². The summed E-state index contributed by atoms with van der Waals surface area (Å²) in [4.78, 5) is 0. The van der Waals surface area contributed by atoms with Crippen molar-refractivity contribution in [3.63, 3.8) is 0 Å². The zero-order valence-electron chi connectivity index (χ0n) is 12.3. The van der Waals surface area contributed by atoms with Crippen LogP contribution in [0.4, 0.5) is 5.69 Å². The number of anilines is 1. The van der Waals surface area contributed by atoms with E-state index in [-0.39, 0.29) is 6.04 Å². The topological polar surface area (TPSA) is 21.3 Å². The van der Waals surface area contributed by atoms with Crippen molar-refractivity contribution in [2.24, 2.45) is 0 Å². The fourth-order valence-corrected chi connectivity index (χ4v) is 2.52. The van der Waals surface area contributed by atoms with E-state index in [9.17, 15) is 0 Å². The average molecular weight is 277 g/mol. The van der Waals surface area contributed by atoms with Crippen LogP contribution >= 0.6 is 0 Å². The molecule has 1 unspecified atom stereocenters. The van der Waals surface area contributed by atoms with Gasteiger partial charge in [-0.1, -0.05) is 42.5 Å². The predicted molar refractivity (Wildman–Crippen MR) is 89.0 cm³/mol. The van der Waals surface area contributed by atoms with E-state index in [1.807, 2.05) is 18.2 Å². The van der Waals surface area contributed by atoms with E-state index < -0.39 is 0 Å². The van der Waals surface area contributed by atoms with E-state index in [1.54, 1.807) is 7.11 Å². The summed E-state index contributed by atoms with van der Waals surface area (Å²) in [6.07, 6.45) is 0. The lowest BCUT2D eigenvalue weighted by molar-refractivity contribution is 0.415. The van der Waals surface area contributed by atoms with Crippen LogP contribution in [0.3, 0.4) is 0 Å². The van der Waals surface area contributed by atoms with Crippen LogP contribution in [0.2, 0.25) is 0 Å². The molecule has 106 valence electrons. The molecule has 0 saturated heterocycles. The van der Waals surface area contributed by atoms with E-state index in [1.165, 1.54) is 16.3 Å². The zero-order chi connectivity index (χ0) is 14.7. The van der Waals surface area contributed by atoms with Gasteiger partial charge < -0.3 is 10.1 Å². The smallest absolute Gasteiger partial charge is 0.120 e. The standard InChI is InChI=1S/C19H19NO/c1-14(20-18-8-5-9-19(13-18)21-2)16-11-10-15-6-3-4-7-17(15)12-16/h3-14,20H,1-2H3. The van der Waals surface area contributed by atoms with E-state index in [0.717, 1.165) is 11.4 Å². The Hall–Kier alpha value is -2.48. The Labute approximate surface area is 125 Å². The first-order chi connectivity index (χ1) is 10.3. The second-order valence-electron chi connectivity index (χ2n) is 5.20. The van der Waals surface area contributed by atoms with Gasteiger partial charge >= 0.3 is 0 Å². The Morgan fingerprint density at radius 2 is 1.67 bits per heavy atom. The molecule has 0 spiro atoms. The van der Waals surface area contributed by atoms with Crippen molar-refractivity contribution in [2.75, 3.05) is 12.4 Å². The fraction of sp³-hybridized carbons (Fsp3) is 0.158. The number of nitrogens with one attached hydrogen (secondary N) is 1. The number of ether oxygens (including phenoxy) is 1. The Bertz CT molecular complexity index is 751. The monoisotopic (exact) mass is 277 g/mol. The summed E-state index contributed by atoms with van der Waals surface area (Å²) in [6.45, 7) is 2.17. The highest BCUT2D eigenvalue weighted by molar-refractivity contribution is 5.83. The third-order valence-electron chi connectivity index (χ3n) is 3.73. The van der Waals surface area contributed by atoms with Gasteiger partial charge in [-0.25, -0.2) is 0 Å². The number of fused-ring (bicyclic) bond motifs is 1. The van der Waals surface area contributed by atoms with Gasteiger partial charge in [0.1, 0.15) is 5.75 Å². The minimum Gasteiger partial charge on any atom is -0.497 e. The van der Waals surface area contributed by atoms with Crippen molar-refractivity contribution in [2.45, 2.75) is 13.0 Å². The van der Waals surface area contributed by atoms with Gasteiger partial charge in [-0.3, -0.25) is 0 Å². The molecule has 1 N–H and O–H groups in total. The van der Waals surface area contributed by atoms with Gasteiger partial charge in [0.15, 0.2) is 0 Å². The third-order valence-corrected chi connectivity index (χ3v) is 3.73. The number of rotatable bonds is 4. The molecule has 0 amide bonds. The van der Waals surface area contributed by atoms with Crippen LogP contribution in [-0.4, -0.2) is 7.11 Å². The summed E-state index contributed by atoms with van der Waals surface area (Å²) < 4.78 is 5.26. The van der Waals surface area contributed by atoms with Gasteiger partial charge in [-0.15, -0.1) is 0 Å². The summed E-state index contributed by atoms with van der Waals surface area (Å²) in [5.74, 6) is 0.866. The van der Waals surface area contributed by atoms with Gasteiger partial charge in [-0.05, 0) is 41.5 Å². The number of hydrogen-bond donors (Lipinski definition) is 1. The molecule has 3 aromatic rings. The van der Waals surface area contributed by atoms with Crippen LogP contribution in [0.15, 0.2) is 66.7 Å². The highest BCUT2D eigenvalue weighted by Gasteiger charge is 2.06. The van der Waals surface area contributed by atoms with Crippen molar-refractivity contribution in [1.82, 2.24) is 0 Å². The summed E-state index contributed by atoms with van der Waals surface area (Å²) in [6, 6.07) is 23.3. The number of methoxy groups -OCH3 is 1. The molecule has 0 saturated carbocycles. The molecule has 1 atom stereocenters. The van der Waals surface area contributed by atoms with Crippen molar-refractivity contribution in [3.8, 4) is 5.75 Å². The highest BCUT2D eigenvalue weighted by atomic mass is 16.5. The van der Waals surface area contributed by atoms with E-state index >= 15 is 0 Å². The molecule has 0 aliphatic heterocycles. The van der Waals surface area contributed by atoms with Crippen molar-refractivity contribution >= 4 is 16.5 Å². The van der Waals surface area contributed by atoms with Gasteiger partial charge in [0.05, 0.1) is 7.11 Å². The molecule has 0 heterocycles. The van der Waals surface area contributed by atoms with E-state index in [0.29, 0.717) is 0 Å². The maximum atomic E-state index is 5.26. The van der Waals surface area contributed by atoms with Gasteiger partial charge in [0.2, 0.25) is 0 Å². The lowest BCUT2D eigenvalue weighted by Crippen LogP contribution is -2.06. The lowest BCUT2D eigenvalue weighted by atomic mass is 10.0. The van der Waals surface area contributed by atoms with Crippen LogP contribution in [-0.2, 0) is 0 Å². The second kappa shape index (κ2) is 5.88. The molecule has 0 aliphatic rings. The van der Waals surface area contributed by atoms with Crippen molar-refractivity contribution < 1.29 is 4.74 Å². The normalized spacial score (nSPS) is 12.1. The first-order valence-electron chi connectivity index (χ1n) is 7.15. The first-order valence-corrected chi connectivity index (χ1v) is 7.15. The second-order valence-corrected chi connectivity index (χ2v) is 5.20. The summed E-state index contributed by atoms with van der Waals surface area (Å²) in [5.41, 5.74) is 2.34. The van der Waals surface area contributed by atoms with E-state index in [2.05, 4.69) is 60.8 Å². The molecular weight excluding hydrogens is 258 g/mol. The third kappa shape index (κ3) is 3.00. The molecule has 21 heavy (non-hydrogen) atoms. The number of benzene rings is 3. The van der Waals surface area contributed by atoms with Gasteiger partial charge in [0, 0.05) is 17.8 Å². The van der Waals surface area contributed by atoms with E-state index in [4.69, 9.17) is 4.74 Å². The maximum Gasteiger partial charge on any atom is 0.120 e.